The van der Waals surface area contributed by atoms with Gasteiger partial charge in [-0.25, -0.2) is 4.79 Å². The molecule has 0 amide bonds. The Hall–Kier alpha value is -1.30. The SMILES string of the molecule is CC(=O)OC(C)OC(=O)C1(O)CC(O)C(C(C)O)C(C[C@H](O)CO)O1. The van der Waals surface area contributed by atoms with E-state index in [2.05, 4.69) is 4.74 Å². The van der Waals surface area contributed by atoms with Gasteiger partial charge in [-0.3, -0.25) is 4.79 Å². The summed E-state index contributed by atoms with van der Waals surface area (Å²) in [7, 11) is 0. The van der Waals surface area contributed by atoms with Crippen LogP contribution in [-0.4, -0.2) is 80.6 Å². The standard InChI is InChI=1S/C15H26O10/c1-7(17)13-11(20)5-15(22,25-12(13)4-10(19)6-16)14(21)24-9(3)23-8(2)18/h7,9-13,16-17,19-20,22H,4-6H2,1-3H3/t7?,9?,10-,11?,12?,13?,15?/m0/s1. The summed E-state index contributed by atoms with van der Waals surface area (Å²) in [5.41, 5.74) is 0. The number of aliphatic hydroxyl groups is 5. The zero-order valence-corrected chi connectivity index (χ0v) is 14.4. The highest BCUT2D eigenvalue weighted by atomic mass is 16.7. The highest BCUT2D eigenvalue weighted by molar-refractivity contribution is 5.78. The minimum atomic E-state index is -2.56. The van der Waals surface area contributed by atoms with Crippen molar-refractivity contribution < 1.29 is 49.3 Å². The van der Waals surface area contributed by atoms with E-state index in [1.807, 2.05) is 0 Å². The number of carbonyl (C=O) groups excluding carboxylic acids is 2. The summed E-state index contributed by atoms with van der Waals surface area (Å²) in [6.45, 7) is 3.16. The molecule has 10 heteroatoms. The highest BCUT2D eigenvalue weighted by Crippen LogP contribution is 2.36. The van der Waals surface area contributed by atoms with Gasteiger partial charge < -0.3 is 39.7 Å². The van der Waals surface area contributed by atoms with E-state index in [0.29, 0.717) is 0 Å². The predicted octanol–water partition coefficient (Wildman–Crippen LogP) is -1.98. The van der Waals surface area contributed by atoms with Crippen LogP contribution in [0.1, 0.15) is 33.6 Å². The van der Waals surface area contributed by atoms with E-state index in [1.54, 1.807) is 0 Å². The molecule has 0 aliphatic carbocycles. The Kier molecular flexibility index (Phi) is 7.72. The Morgan fingerprint density at radius 2 is 1.88 bits per heavy atom. The van der Waals surface area contributed by atoms with Crippen molar-refractivity contribution in [2.75, 3.05) is 6.61 Å². The molecule has 0 spiro atoms. The Morgan fingerprint density at radius 3 is 2.36 bits per heavy atom. The summed E-state index contributed by atoms with van der Waals surface area (Å²) < 4.78 is 14.7. The fourth-order valence-electron chi connectivity index (χ4n) is 2.86. The van der Waals surface area contributed by atoms with Gasteiger partial charge in [-0.2, -0.15) is 0 Å². The number of esters is 2. The molecule has 0 bridgehead atoms. The molecule has 0 radical (unpaired) electrons. The van der Waals surface area contributed by atoms with Crippen LogP contribution >= 0.6 is 0 Å². The third kappa shape index (κ3) is 5.87. The van der Waals surface area contributed by atoms with Crippen LogP contribution in [-0.2, 0) is 23.8 Å². The molecule has 10 nitrogen and oxygen atoms in total. The summed E-state index contributed by atoms with van der Waals surface area (Å²) in [4.78, 5) is 23.0. The molecule has 1 aliphatic rings. The van der Waals surface area contributed by atoms with E-state index < -0.39 is 67.4 Å². The first kappa shape index (κ1) is 21.7. The molecule has 1 fully saturated rings. The van der Waals surface area contributed by atoms with Crippen molar-refractivity contribution in [3.8, 4) is 0 Å². The Labute approximate surface area is 144 Å². The van der Waals surface area contributed by atoms with E-state index in [-0.39, 0.29) is 6.42 Å². The minimum Gasteiger partial charge on any atom is -0.426 e. The van der Waals surface area contributed by atoms with Crippen LogP contribution < -0.4 is 0 Å². The van der Waals surface area contributed by atoms with E-state index in [0.717, 1.165) is 6.92 Å². The largest absolute Gasteiger partial charge is 0.426 e. The van der Waals surface area contributed by atoms with Crippen molar-refractivity contribution in [3.05, 3.63) is 0 Å². The summed E-state index contributed by atoms with van der Waals surface area (Å²) in [5.74, 6) is -5.44. The van der Waals surface area contributed by atoms with Crippen molar-refractivity contribution in [1.82, 2.24) is 0 Å². The number of rotatable bonds is 7. The second-order valence-corrected chi connectivity index (χ2v) is 6.18. The van der Waals surface area contributed by atoms with Crippen molar-refractivity contribution >= 4 is 11.9 Å². The predicted molar refractivity (Wildman–Crippen MR) is 80.6 cm³/mol. The Bertz CT molecular complexity index is 467. The van der Waals surface area contributed by atoms with Crippen molar-refractivity contribution in [2.45, 2.75) is 70.1 Å². The lowest BCUT2D eigenvalue weighted by molar-refractivity contribution is -0.303. The van der Waals surface area contributed by atoms with Crippen LogP contribution in [0.2, 0.25) is 0 Å². The van der Waals surface area contributed by atoms with Crippen LogP contribution in [0.5, 0.6) is 0 Å². The molecule has 0 aromatic rings. The first-order chi connectivity index (χ1) is 11.5. The fraction of sp³-hybridized carbons (Fsp3) is 0.867. The Balaban J connectivity index is 2.92. The first-order valence-electron chi connectivity index (χ1n) is 7.93. The van der Waals surface area contributed by atoms with Gasteiger partial charge in [0.1, 0.15) is 0 Å². The van der Waals surface area contributed by atoms with Crippen LogP contribution in [0.25, 0.3) is 0 Å². The molecule has 1 rings (SSSR count). The zero-order chi connectivity index (χ0) is 19.4. The van der Waals surface area contributed by atoms with Gasteiger partial charge in [-0.15, -0.1) is 0 Å². The van der Waals surface area contributed by atoms with Crippen molar-refractivity contribution in [3.63, 3.8) is 0 Å². The minimum absolute atomic E-state index is 0.238. The van der Waals surface area contributed by atoms with Crippen LogP contribution in [0.15, 0.2) is 0 Å². The maximum atomic E-state index is 12.2. The third-order valence-electron chi connectivity index (χ3n) is 3.90. The molecule has 0 aromatic carbocycles. The molecule has 146 valence electrons. The summed E-state index contributed by atoms with van der Waals surface area (Å²) >= 11 is 0. The summed E-state index contributed by atoms with van der Waals surface area (Å²) in [6.07, 6.45) is -6.88. The lowest BCUT2D eigenvalue weighted by Crippen LogP contribution is -2.59. The van der Waals surface area contributed by atoms with Crippen molar-refractivity contribution in [2.24, 2.45) is 5.92 Å². The van der Waals surface area contributed by atoms with Crippen LogP contribution in [0.4, 0.5) is 0 Å². The molecule has 5 N–H and O–H groups in total. The number of aliphatic hydroxyl groups excluding tert-OH is 4. The number of hydrogen-bond donors (Lipinski definition) is 5. The van der Waals surface area contributed by atoms with E-state index in [4.69, 9.17) is 14.6 Å². The zero-order valence-electron chi connectivity index (χ0n) is 14.4. The van der Waals surface area contributed by atoms with Gasteiger partial charge in [-0.05, 0) is 6.92 Å². The van der Waals surface area contributed by atoms with Gasteiger partial charge in [0, 0.05) is 32.6 Å². The quantitative estimate of drug-likeness (QED) is 0.252. The fourth-order valence-corrected chi connectivity index (χ4v) is 2.86. The first-order valence-corrected chi connectivity index (χ1v) is 7.93. The normalized spacial score (nSPS) is 33.2. The molecule has 25 heavy (non-hydrogen) atoms. The van der Waals surface area contributed by atoms with E-state index in [1.165, 1.54) is 13.8 Å². The van der Waals surface area contributed by atoms with Crippen LogP contribution in [0, 0.1) is 5.92 Å². The highest BCUT2D eigenvalue weighted by Gasteiger charge is 2.53. The average Bonchev–Trinajstić information content (AvgIpc) is 2.44. The lowest BCUT2D eigenvalue weighted by atomic mass is 9.81. The van der Waals surface area contributed by atoms with Gasteiger partial charge in [0.25, 0.3) is 5.79 Å². The molecule has 7 atom stereocenters. The second kappa shape index (κ2) is 8.88. The number of carbonyl (C=O) groups is 2. The monoisotopic (exact) mass is 366 g/mol. The third-order valence-corrected chi connectivity index (χ3v) is 3.90. The summed E-state index contributed by atoms with van der Waals surface area (Å²) in [5, 5.41) is 49.0. The topological polar surface area (TPSA) is 163 Å². The molecular weight excluding hydrogens is 340 g/mol. The molecule has 0 aromatic heterocycles. The smallest absolute Gasteiger partial charge is 0.369 e. The van der Waals surface area contributed by atoms with E-state index >= 15 is 0 Å². The van der Waals surface area contributed by atoms with Gasteiger partial charge in [-0.1, -0.05) is 0 Å². The summed E-state index contributed by atoms with van der Waals surface area (Å²) in [6, 6.07) is 0. The molecule has 1 saturated heterocycles. The molecular formula is C15H26O10. The maximum Gasteiger partial charge on any atom is 0.369 e. The van der Waals surface area contributed by atoms with Crippen molar-refractivity contribution in [1.29, 1.82) is 0 Å². The molecule has 1 heterocycles. The second-order valence-electron chi connectivity index (χ2n) is 6.18. The number of ether oxygens (including phenoxy) is 3. The lowest BCUT2D eigenvalue weighted by Gasteiger charge is -2.44. The van der Waals surface area contributed by atoms with Gasteiger partial charge in [0.05, 0.1) is 31.0 Å². The molecule has 1 aliphatic heterocycles. The van der Waals surface area contributed by atoms with Gasteiger partial charge in [0.15, 0.2) is 0 Å². The van der Waals surface area contributed by atoms with E-state index in [9.17, 15) is 30.0 Å². The molecule has 0 saturated carbocycles. The van der Waals surface area contributed by atoms with Gasteiger partial charge in [0.2, 0.25) is 6.29 Å². The molecule has 6 unspecified atom stereocenters. The average molecular weight is 366 g/mol. The Morgan fingerprint density at radius 1 is 1.28 bits per heavy atom. The van der Waals surface area contributed by atoms with Crippen LogP contribution in [0.3, 0.4) is 0 Å². The van der Waals surface area contributed by atoms with Gasteiger partial charge >= 0.3 is 11.9 Å². The number of hydrogen-bond acceptors (Lipinski definition) is 10. The maximum absolute atomic E-state index is 12.2.